The number of hydrogen-bond donors (Lipinski definition) is 1. The number of benzene rings is 2. The van der Waals surface area contributed by atoms with Crippen LogP contribution in [0.1, 0.15) is 42.3 Å². The third-order valence-corrected chi connectivity index (χ3v) is 6.26. The molecule has 1 aliphatic carbocycles. The summed E-state index contributed by atoms with van der Waals surface area (Å²) < 4.78 is 5.53. The molecule has 206 valence electrons. The summed E-state index contributed by atoms with van der Waals surface area (Å²) in [6, 6.07) is 14.8. The van der Waals surface area contributed by atoms with Gasteiger partial charge in [-0.25, -0.2) is 4.99 Å². The average molecular weight is 536 g/mol. The topological polar surface area (TPSA) is 71.0 Å². The summed E-state index contributed by atoms with van der Waals surface area (Å²) in [5, 5.41) is 2.92. The lowest BCUT2D eigenvalue weighted by Crippen LogP contribution is -2.30. The van der Waals surface area contributed by atoms with E-state index >= 15 is 0 Å². The van der Waals surface area contributed by atoms with Gasteiger partial charge in [0, 0.05) is 35.0 Å². The number of carbonyl (C=O) groups is 2. The van der Waals surface area contributed by atoms with Gasteiger partial charge < -0.3 is 15.0 Å². The Hall–Kier alpha value is -4.89. The highest BCUT2D eigenvalue weighted by Gasteiger charge is 2.16. The predicted octanol–water partition coefficient (Wildman–Crippen LogP) is 6.75. The number of amides is 2. The minimum Gasteiger partial charge on any atom is -0.497 e. The summed E-state index contributed by atoms with van der Waals surface area (Å²) >= 11 is 0. The molecule has 0 saturated heterocycles. The second kappa shape index (κ2) is 15.5. The largest absolute Gasteiger partial charge is 0.497 e. The number of aryl methyl sites for hydroxylation is 1. The average Bonchev–Trinajstić information content (AvgIpc) is 2.98. The number of allylic oxidation sites excluding steroid dienone is 7. The number of aliphatic imine (C=N–C) groups is 1. The van der Waals surface area contributed by atoms with Gasteiger partial charge in [0.2, 0.25) is 0 Å². The van der Waals surface area contributed by atoms with E-state index in [2.05, 4.69) is 24.7 Å². The Kier molecular flexibility index (Phi) is 12.1. The molecule has 0 spiro atoms. The molecule has 0 aromatic heterocycles. The van der Waals surface area contributed by atoms with Crippen LogP contribution in [-0.2, 0) is 9.53 Å². The molecule has 0 unspecified atom stereocenters. The Morgan fingerprint density at radius 2 is 1.70 bits per heavy atom. The molecule has 0 heterocycles. The molecule has 1 aliphatic rings. The molecule has 0 bridgehead atoms. The predicted molar refractivity (Wildman–Crippen MR) is 166 cm³/mol. The summed E-state index contributed by atoms with van der Waals surface area (Å²) in [4.78, 5) is 32.2. The van der Waals surface area contributed by atoms with Crippen molar-refractivity contribution in [1.29, 1.82) is 0 Å². The van der Waals surface area contributed by atoms with E-state index in [0.29, 0.717) is 41.4 Å². The maximum absolute atomic E-state index is 13.1. The summed E-state index contributed by atoms with van der Waals surface area (Å²) in [7, 11) is 1.74. The normalized spacial score (nSPS) is 14.6. The zero-order valence-corrected chi connectivity index (χ0v) is 23.9. The fourth-order valence-electron chi connectivity index (χ4n) is 3.78. The molecule has 0 aliphatic heterocycles. The summed E-state index contributed by atoms with van der Waals surface area (Å²) in [5.41, 5.74) is 5.74. The van der Waals surface area contributed by atoms with Gasteiger partial charge in [-0.05, 0) is 63.6 Å². The van der Waals surface area contributed by atoms with Crippen LogP contribution in [0.5, 0.6) is 0 Å². The number of likely N-dealkylation sites (N-methyl/N-ethyl adjacent to an activating group) is 1. The number of hydrogen-bond acceptors (Lipinski definition) is 4. The van der Waals surface area contributed by atoms with E-state index in [1.54, 1.807) is 43.1 Å². The molecule has 3 rings (SSSR count). The quantitative estimate of drug-likeness (QED) is 0.219. The summed E-state index contributed by atoms with van der Waals surface area (Å²) in [6.07, 6.45) is 17.4. The van der Waals surface area contributed by atoms with Gasteiger partial charge in [0.25, 0.3) is 11.8 Å². The Bertz CT molecular complexity index is 1400. The molecule has 1 N–H and O–H groups in total. The minimum absolute atomic E-state index is 0.114. The third kappa shape index (κ3) is 8.57. The van der Waals surface area contributed by atoms with Crippen molar-refractivity contribution in [2.75, 3.05) is 25.5 Å². The maximum Gasteiger partial charge on any atom is 0.253 e. The first-order chi connectivity index (χ1) is 19.2. The van der Waals surface area contributed by atoms with Gasteiger partial charge in [-0.2, -0.15) is 0 Å². The Morgan fingerprint density at radius 3 is 2.35 bits per heavy atom. The number of terminal acetylenes is 1. The summed E-state index contributed by atoms with van der Waals surface area (Å²) in [6.45, 7) is 12.6. The van der Waals surface area contributed by atoms with Crippen LogP contribution in [0.3, 0.4) is 0 Å². The fraction of sp³-hybridized carbons (Fsp3) is 0.206. The Morgan fingerprint density at radius 1 is 1.05 bits per heavy atom. The number of carbonyl (C=O) groups excluding carboxylic acids is 2. The van der Waals surface area contributed by atoms with Crippen molar-refractivity contribution < 1.29 is 14.3 Å². The number of nitrogens with one attached hydrogen (secondary N) is 1. The molecule has 2 amide bonds. The van der Waals surface area contributed by atoms with Gasteiger partial charge in [-0.1, -0.05) is 55.1 Å². The molecule has 0 saturated carbocycles. The molecule has 40 heavy (non-hydrogen) atoms. The molecule has 6 heteroatoms. The monoisotopic (exact) mass is 535 g/mol. The van der Waals surface area contributed by atoms with Crippen LogP contribution < -0.4 is 5.32 Å². The lowest BCUT2D eigenvalue weighted by atomic mass is 9.98. The number of anilines is 1. The van der Waals surface area contributed by atoms with Crippen molar-refractivity contribution in [3.63, 3.8) is 0 Å². The molecular formula is C34H37N3O3. The lowest BCUT2D eigenvalue weighted by Gasteiger charge is -2.18. The molecule has 2 aromatic rings. The fourth-order valence-corrected chi connectivity index (χ4v) is 3.78. The summed E-state index contributed by atoms with van der Waals surface area (Å²) in [5.74, 6) is 0.462. The smallest absolute Gasteiger partial charge is 0.253 e. The second-order valence-corrected chi connectivity index (χ2v) is 9.02. The van der Waals surface area contributed by atoms with Crippen LogP contribution >= 0.6 is 0 Å². The number of nitrogens with zero attached hydrogens (tertiary/aromatic N) is 2. The Balaban J connectivity index is 0.00000274. The van der Waals surface area contributed by atoms with Gasteiger partial charge in [0.1, 0.15) is 6.61 Å². The van der Waals surface area contributed by atoms with E-state index in [0.717, 1.165) is 22.5 Å². The van der Waals surface area contributed by atoms with Crippen LogP contribution in [0.4, 0.5) is 5.69 Å². The first kappa shape index (κ1) is 31.3. The van der Waals surface area contributed by atoms with E-state index in [1.807, 2.05) is 75.4 Å². The van der Waals surface area contributed by atoms with Crippen molar-refractivity contribution in [3.05, 3.63) is 119 Å². The first-order valence-corrected chi connectivity index (χ1v) is 12.9. The highest BCUT2D eigenvalue weighted by Crippen LogP contribution is 2.23. The van der Waals surface area contributed by atoms with Gasteiger partial charge in [-0.3, -0.25) is 9.59 Å². The van der Waals surface area contributed by atoms with Crippen LogP contribution in [0.15, 0.2) is 107 Å². The van der Waals surface area contributed by atoms with Crippen molar-refractivity contribution in [3.8, 4) is 12.8 Å². The van der Waals surface area contributed by atoms with Gasteiger partial charge in [0.05, 0.1) is 23.7 Å². The molecule has 0 fully saturated rings. The van der Waals surface area contributed by atoms with Gasteiger partial charge in [-0.15, -0.1) is 12.8 Å². The van der Waals surface area contributed by atoms with E-state index in [-0.39, 0.29) is 11.8 Å². The number of rotatable bonds is 9. The molecule has 0 atom stereocenters. The van der Waals surface area contributed by atoms with Crippen molar-refractivity contribution >= 4 is 28.9 Å². The van der Waals surface area contributed by atoms with Crippen molar-refractivity contribution in [1.82, 2.24) is 4.90 Å². The van der Waals surface area contributed by atoms with Crippen LogP contribution in [-0.4, -0.2) is 42.6 Å². The standard InChI is InChI=1S/C32H35N3O3.C2H2/c1-7-23(3)38-21-20-35(6)32(37)26-16-18-27(19-17-26)34-31(36)24(4)29-14-10-11-15-30(29)33-25(5)28-13-9-8-12-22(28)2;1-2/h7-19H,5,20-21H2,1-4,6H3,(H,34,36);1-2H/b23-7-,29-24+,33-30?;. The highest BCUT2D eigenvalue weighted by molar-refractivity contribution is 6.19. The van der Waals surface area contributed by atoms with Crippen LogP contribution in [0, 0.1) is 19.8 Å². The van der Waals surface area contributed by atoms with Crippen molar-refractivity contribution in [2.45, 2.75) is 27.7 Å². The van der Waals surface area contributed by atoms with E-state index in [1.165, 1.54) is 0 Å². The molecule has 0 radical (unpaired) electrons. The van der Waals surface area contributed by atoms with Crippen molar-refractivity contribution in [2.24, 2.45) is 4.99 Å². The molecule has 6 nitrogen and oxygen atoms in total. The minimum atomic E-state index is -0.248. The van der Waals surface area contributed by atoms with Crippen LogP contribution in [0.25, 0.3) is 5.70 Å². The molecular weight excluding hydrogens is 498 g/mol. The third-order valence-electron chi connectivity index (χ3n) is 6.26. The number of ether oxygens (including phenoxy) is 1. The second-order valence-electron chi connectivity index (χ2n) is 9.02. The lowest BCUT2D eigenvalue weighted by molar-refractivity contribution is -0.112. The van der Waals surface area contributed by atoms with E-state index in [9.17, 15) is 9.59 Å². The highest BCUT2D eigenvalue weighted by atomic mass is 16.5. The maximum atomic E-state index is 13.1. The van der Waals surface area contributed by atoms with Gasteiger partial charge >= 0.3 is 0 Å². The Labute approximate surface area is 238 Å². The zero-order valence-electron chi connectivity index (χ0n) is 23.9. The van der Waals surface area contributed by atoms with Gasteiger partial charge in [0.15, 0.2) is 0 Å². The zero-order chi connectivity index (χ0) is 29.7. The SMILES string of the molecule is C#C.C=C(N=C1C=CC=C/C1=C(/C)C(=O)Nc1ccc(C(=O)N(C)CCO/C(C)=C\C)cc1)c1ccccc1C. The van der Waals surface area contributed by atoms with E-state index < -0.39 is 0 Å². The molecule has 2 aromatic carbocycles. The van der Waals surface area contributed by atoms with Crippen LogP contribution in [0.2, 0.25) is 0 Å². The first-order valence-electron chi connectivity index (χ1n) is 12.9. The van der Waals surface area contributed by atoms with E-state index in [4.69, 9.17) is 9.73 Å².